The van der Waals surface area contributed by atoms with Crippen molar-refractivity contribution in [3.63, 3.8) is 0 Å². The number of nitrogens with zero attached hydrogens (tertiary/aromatic N) is 2. The second kappa shape index (κ2) is 10.2. The third kappa shape index (κ3) is 6.80. The fraction of sp³-hybridized carbons (Fsp3) is 0.476. The smallest absolute Gasteiger partial charge is 0.251 e. The molecule has 0 spiro atoms. The number of thiazole rings is 1. The van der Waals surface area contributed by atoms with Gasteiger partial charge in [-0.2, -0.15) is 0 Å². The van der Waals surface area contributed by atoms with Crippen LogP contribution in [0.3, 0.4) is 0 Å². The molecule has 156 valence electrons. The summed E-state index contributed by atoms with van der Waals surface area (Å²) in [6, 6.07) is 6.63. The summed E-state index contributed by atoms with van der Waals surface area (Å²) in [7, 11) is 0. The van der Waals surface area contributed by atoms with Gasteiger partial charge in [0.2, 0.25) is 5.91 Å². The van der Waals surface area contributed by atoms with Gasteiger partial charge in [-0.15, -0.1) is 11.3 Å². The Morgan fingerprint density at radius 1 is 1.21 bits per heavy atom. The van der Waals surface area contributed by atoms with Gasteiger partial charge in [-0.05, 0) is 42.5 Å². The summed E-state index contributed by atoms with van der Waals surface area (Å²) in [5.41, 5.74) is 1.50. The maximum absolute atomic E-state index is 12.1. The molecule has 0 bridgehead atoms. The Kier molecular flexibility index (Phi) is 7.64. The Morgan fingerprint density at radius 3 is 2.59 bits per heavy atom. The molecule has 0 saturated carbocycles. The number of carbonyl (C=O) groups excluding carboxylic acids is 2. The highest BCUT2D eigenvalue weighted by molar-refractivity contribution is 7.13. The molecule has 0 aliphatic carbocycles. The van der Waals surface area contributed by atoms with Crippen LogP contribution in [0.4, 0.5) is 5.13 Å². The molecule has 1 fully saturated rings. The molecule has 2 heterocycles. The molecular weight excluding hydrogens is 408 g/mol. The van der Waals surface area contributed by atoms with Crippen molar-refractivity contribution in [2.45, 2.75) is 33.2 Å². The van der Waals surface area contributed by atoms with E-state index in [2.05, 4.69) is 34.4 Å². The monoisotopic (exact) mass is 434 g/mol. The van der Waals surface area contributed by atoms with E-state index < -0.39 is 0 Å². The molecule has 2 amide bonds. The zero-order chi connectivity index (χ0) is 20.8. The number of piperidine rings is 1. The molecular formula is C21H27ClN4O2S. The zero-order valence-corrected chi connectivity index (χ0v) is 18.4. The molecule has 1 aromatic carbocycles. The van der Waals surface area contributed by atoms with Crippen molar-refractivity contribution in [2.24, 2.45) is 11.8 Å². The fourth-order valence-electron chi connectivity index (χ4n) is 3.76. The Bertz CT molecular complexity index is 829. The predicted octanol–water partition coefficient (Wildman–Crippen LogP) is 4.03. The van der Waals surface area contributed by atoms with E-state index in [1.165, 1.54) is 17.8 Å². The Balaban J connectivity index is 1.40. The van der Waals surface area contributed by atoms with E-state index in [4.69, 9.17) is 11.6 Å². The molecule has 3 rings (SSSR count). The van der Waals surface area contributed by atoms with Gasteiger partial charge in [0.25, 0.3) is 5.91 Å². The average molecular weight is 435 g/mol. The van der Waals surface area contributed by atoms with Gasteiger partial charge < -0.3 is 10.6 Å². The van der Waals surface area contributed by atoms with Gasteiger partial charge in [0, 0.05) is 48.6 Å². The van der Waals surface area contributed by atoms with Gasteiger partial charge in [-0.1, -0.05) is 25.4 Å². The molecule has 2 aromatic rings. The minimum atomic E-state index is -0.226. The van der Waals surface area contributed by atoms with Crippen LogP contribution in [-0.2, 0) is 11.3 Å². The lowest BCUT2D eigenvalue weighted by atomic mass is 9.92. The highest BCUT2D eigenvalue weighted by Crippen LogP contribution is 2.24. The van der Waals surface area contributed by atoms with E-state index in [-0.39, 0.29) is 24.8 Å². The first kappa shape index (κ1) is 21.7. The van der Waals surface area contributed by atoms with Gasteiger partial charge in [-0.3, -0.25) is 14.5 Å². The second-order valence-corrected chi connectivity index (χ2v) is 9.14. The number of likely N-dealkylation sites (tertiary alicyclic amines) is 1. The molecule has 2 N–H and O–H groups in total. The third-order valence-corrected chi connectivity index (χ3v) is 5.93. The molecule has 0 unspecified atom stereocenters. The normalized spacial score (nSPS) is 19.7. The van der Waals surface area contributed by atoms with Crippen molar-refractivity contribution < 1.29 is 9.59 Å². The number of anilines is 1. The first-order valence-electron chi connectivity index (χ1n) is 9.89. The summed E-state index contributed by atoms with van der Waals surface area (Å²) in [5.74, 6) is 1.03. The van der Waals surface area contributed by atoms with E-state index >= 15 is 0 Å². The molecule has 1 aromatic heterocycles. The number of amides is 2. The van der Waals surface area contributed by atoms with Crippen molar-refractivity contribution in [3.8, 4) is 0 Å². The Morgan fingerprint density at radius 2 is 1.90 bits per heavy atom. The number of carbonyl (C=O) groups is 2. The first-order valence-corrected chi connectivity index (χ1v) is 11.1. The SMILES string of the molecule is C[C@@H]1C[C@@H](C)CN(Cc2csc(NC(=O)CCNC(=O)c3ccc(Cl)cc3)n2)C1. The lowest BCUT2D eigenvalue weighted by Gasteiger charge is -2.34. The van der Waals surface area contributed by atoms with Crippen LogP contribution in [0.2, 0.25) is 5.02 Å². The van der Waals surface area contributed by atoms with Crippen LogP contribution in [0.15, 0.2) is 29.6 Å². The third-order valence-electron chi connectivity index (χ3n) is 4.87. The second-order valence-electron chi connectivity index (χ2n) is 7.85. The molecule has 1 saturated heterocycles. The lowest BCUT2D eigenvalue weighted by Crippen LogP contribution is -2.38. The maximum atomic E-state index is 12.1. The average Bonchev–Trinajstić information content (AvgIpc) is 3.08. The summed E-state index contributed by atoms with van der Waals surface area (Å²) in [6.45, 7) is 7.85. The van der Waals surface area contributed by atoms with Gasteiger partial charge >= 0.3 is 0 Å². The predicted molar refractivity (Wildman–Crippen MR) is 117 cm³/mol. The van der Waals surface area contributed by atoms with Gasteiger partial charge in [0.1, 0.15) is 0 Å². The Hall–Kier alpha value is -1.96. The van der Waals surface area contributed by atoms with E-state index in [1.54, 1.807) is 24.3 Å². The van der Waals surface area contributed by atoms with Crippen molar-refractivity contribution in [3.05, 3.63) is 45.9 Å². The first-order chi connectivity index (χ1) is 13.9. The van der Waals surface area contributed by atoms with E-state index in [0.29, 0.717) is 27.6 Å². The number of halogens is 1. The molecule has 6 nitrogen and oxygen atoms in total. The quantitative estimate of drug-likeness (QED) is 0.689. The summed E-state index contributed by atoms with van der Waals surface area (Å²) in [6.07, 6.45) is 1.47. The number of benzene rings is 1. The number of hydrogen-bond acceptors (Lipinski definition) is 5. The van der Waals surface area contributed by atoms with Crippen LogP contribution in [0, 0.1) is 11.8 Å². The highest BCUT2D eigenvalue weighted by atomic mass is 35.5. The number of nitrogens with one attached hydrogen (secondary N) is 2. The summed E-state index contributed by atoms with van der Waals surface area (Å²) in [4.78, 5) is 31.1. The van der Waals surface area contributed by atoms with Crippen LogP contribution in [0.25, 0.3) is 0 Å². The van der Waals surface area contributed by atoms with Crippen LogP contribution >= 0.6 is 22.9 Å². The number of rotatable bonds is 7. The van der Waals surface area contributed by atoms with Crippen molar-refractivity contribution in [1.82, 2.24) is 15.2 Å². The molecule has 1 aliphatic rings. The molecule has 0 radical (unpaired) electrons. The number of aromatic nitrogens is 1. The molecule has 8 heteroatoms. The van der Waals surface area contributed by atoms with E-state index in [0.717, 1.165) is 25.3 Å². The number of hydrogen-bond donors (Lipinski definition) is 2. The van der Waals surface area contributed by atoms with Crippen molar-refractivity contribution in [1.29, 1.82) is 0 Å². The topological polar surface area (TPSA) is 74.3 Å². The van der Waals surface area contributed by atoms with Crippen molar-refractivity contribution >= 4 is 39.9 Å². The summed E-state index contributed by atoms with van der Waals surface area (Å²) >= 11 is 7.25. The van der Waals surface area contributed by atoms with Gasteiger partial charge in [-0.25, -0.2) is 4.98 Å². The minimum absolute atomic E-state index is 0.164. The molecule has 29 heavy (non-hydrogen) atoms. The summed E-state index contributed by atoms with van der Waals surface area (Å²) in [5, 5.41) is 8.74. The van der Waals surface area contributed by atoms with Crippen LogP contribution in [0.1, 0.15) is 42.7 Å². The zero-order valence-electron chi connectivity index (χ0n) is 16.8. The standard InChI is InChI=1S/C21H27ClN4O2S/c1-14-9-15(2)11-26(10-14)12-18-13-29-21(24-18)25-19(27)7-8-23-20(28)16-3-5-17(22)6-4-16/h3-6,13-15H,7-12H2,1-2H3,(H,23,28)(H,24,25,27)/t14-,15-/m1/s1. The van der Waals surface area contributed by atoms with Gasteiger partial charge in [0.05, 0.1) is 5.69 Å². The van der Waals surface area contributed by atoms with E-state index in [1.807, 2.05) is 5.38 Å². The molecule has 1 aliphatic heterocycles. The van der Waals surface area contributed by atoms with Gasteiger partial charge in [0.15, 0.2) is 5.13 Å². The van der Waals surface area contributed by atoms with Crippen LogP contribution in [-0.4, -0.2) is 41.3 Å². The molecule has 2 atom stereocenters. The fourth-order valence-corrected chi connectivity index (χ4v) is 4.61. The van der Waals surface area contributed by atoms with Crippen LogP contribution in [0.5, 0.6) is 0 Å². The largest absolute Gasteiger partial charge is 0.352 e. The Labute approximate surface area is 180 Å². The maximum Gasteiger partial charge on any atom is 0.251 e. The van der Waals surface area contributed by atoms with Crippen molar-refractivity contribution in [2.75, 3.05) is 25.0 Å². The lowest BCUT2D eigenvalue weighted by molar-refractivity contribution is -0.116. The minimum Gasteiger partial charge on any atom is -0.352 e. The van der Waals surface area contributed by atoms with Crippen LogP contribution < -0.4 is 10.6 Å². The summed E-state index contributed by atoms with van der Waals surface area (Å²) < 4.78 is 0. The highest BCUT2D eigenvalue weighted by Gasteiger charge is 2.22. The van der Waals surface area contributed by atoms with E-state index in [9.17, 15) is 9.59 Å².